The smallest absolute Gasteiger partial charge is 0.262 e. The first-order valence-electron chi connectivity index (χ1n) is 8.17. The Labute approximate surface area is 144 Å². The Morgan fingerprint density at radius 3 is 3.04 bits per heavy atom. The van der Waals surface area contributed by atoms with Gasteiger partial charge in [-0.1, -0.05) is 18.2 Å². The fourth-order valence-corrected chi connectivity index (χ4v) is 3.19. The minimum absolute atomic E-state index is 0.00769. The van der Waals surface area contributed by atoms with Crippen LogP contribution in [0.2, 0.25) is 0 Å². The van der Waals surface area contributed by atoms with Crippen molar-refractivity contribution in [3.63, 3.8) is 0 Å². The summed E-state index contributed by atoms with van der Waals surface area (Å²) in [5, 5.41) is 2.78. The van der Waals surface area contributed by atoms with E-state index in [1.807, 2.05) is 17.9 Å². The Bertz CT molecular complexity index is 814. The van der Waals surface area contributed by atoms with Crippen molar-refractivity contribution in [2.75, 3.05) is 30.0 Å². The third kappa shape index (κ3) is 3.02. The van der Waals surface area contributed by atoms with Crippen molar-refractivity contribution in [2.24, 2.45) is 0 Å². The predicted octanol–water partition coefficient (Wildman–Crippen LogP) is 2.52. The summed E-state index contributed by atoms with van der Waals surface area (Å²) in [6, 6.07) is 8.15. The third-order valence-corrected chi connectivity index (χ3v) is 4.41. The molecule has 130 valence electrons. The average molecular weight is 343 g/mol. The molecular weight excluding hydrogens is 325 g/mol. The number of benzene rings is 1. The maximum Gasteiger partial charge on any atom is 0.262 e. The van der Waals surface area contributed by atoms with E-state index in [0.29, 0.717) is 36.0 Å². The van der Waals surface area contributed by atoms with Crippen molar-refractivity contribution in [1.82, 2.24) is 4.98 Å². The number of nitrogens with zero attached hydrogens (tertiary/aromatic N) is 2. The van der Waals surface area contributed by atoms with Crippen LogP contribution in [0.5, 0.6) is 5.75 Å². The molecule has 2 aliphatic heterocycles. The molecule has 1 aromatic carbocycles. The van der Waals surface area contributed by atoms with E-state index < -0.39 is 0 Å². The van der Waals surface area contributed by atoms with Gasteiger partial charge in [-0.25, -0.2) is 9.37 Å². The van der Waals surface area contributed by atoms with Crippen LogP contribution in [0.4, 0.5) is 15.9 Å². The van der Waals surface area contributed by atoms with Crippen LogP contribution in [0.25, 0.3) is 0 Å². The normalized spacial score (nSPS) is 22.8. The van der Waals surface area contributed by atoms with Gasteiger partial charge in [0, 0.05) is 18.2 Å². The Hall–Kier alpha value is -2.67. The molecule has 2 aromatic rings. The van der Waals surface area contributed by atoms with Crippen molar-refractivity contribution < 1.29 is 18.7 Å². The predicted molar refractivity (Wildman–Crippen MR) is 90.3 cm³/mol. The van der Waals surface area contributed by atoms with E-state index in [9.17, 15) is 9.18 Å². The summed E-state index contributed by atoms with van der Waals surface area (Å²) in [7, 11) is 0. The number of carbonyl (C=O) groups excluding carboxylic acids is 1. The lowest BCUT2D eigenvalue weighted by atomic mass is 10.0. The topological polar surface area (TPSA) is 63.7 Å². The van der Waals surface area contributed by atoms with E-state index in [4.69, 9.17) is 9.47 Å². The number of hydrogen-bond acceptors (Lipinski definition) is 5. The number of amides is 1. The summed E-state index contributed by atoms with van der Waals surface area (Å²) < 4.78 is 25.4. The molecule has 2 aliphatic rings. The van der Waals surface area contributed by atoms with Gasteiger partial charge in [0.1, 0.15) is 11.6 Å². The molecule has 0 radical (unpaired) electrons. The Kier molecular flexibility index (Phi) is 4.01. The molecule has 0 unspecified atom stereocenters. The summed E-state index contributed by atoms with van der Waals surface area (Å²) in [6.07, 6.45) is 1.58. The van der Waals surface area contributed by atoms with E-state index in [2.05, 4.69) is 10.3 Å². The van der Waals surface area contributed by atoms with Gasteiger partial charge in [-0.05, 0) is 13.0 Å². The second-order valence-electron chi connectivity index (χ2n) is 6.21. The van der Waals surface area contributed by atoms with Crippen LogP contribution in [0, 0.1) is 5.82 Å². The number of pyridine rings is 1. The van der Waals surface area contributed by atoms with E-state index in [0.717, 1.165) is 0 Å². The highest BCUT2D eigenvalue weighted by molar-refractivity contribution is 5.95. The van der Waals surface area contributed by atoms with Crippen LogP contribution < -0.4 is 15.0 Å². The van der Waals surface area contributed by atoms with Gasteiger partial charge in [0.2, 0.25) is 0 Å². The number of carbonyl (C=O) groups is 1. The number of hydrogen-bond donors (Lipinski definition) is 1. The largest absolute Gasteiger partial charge is 0.480 e. The second kappa shape index (κ2) is 6.33. The molecule has 0 aliphatic carbocycles. The molecule has 1 amide bonds. The molecule has 4 rings (SSSR count). The van der Waals surface area contributed by atoms with Gasteiger partial charge in [0.15, 0.2) is 12.4 Å². The molecule has 0 bridgehead atoms. The molecule has 3 heterocycles. The molecular formula is C18H18FN3O3. The Morgan fingerprint density at radius 2 is 2.20 bits per heavy atom. The van der Waals surface area contributed by atoms with Crippen LogP contribution in [0.15, 0.2) is 36.5 Å². The second-order valence-corrected chi connectivity index (χ2v) is 6.21. The number of ether oxygens (including phenoxy) is 2. The van der Waals surface area contributed by atoms with Crippen molar-refractivity contribution in [3.05, 3.63) is 47.9 Å². The molecule has 25 heavy (non-hydrogen) atoms. The summed E-state index contributed by atoms with van der Waals surface area (Å²) in [5.74, 6) is 0.705. The first-order chi connectivity index (χ1) is 12.1. The van der Waals surface area contributed by atoms with Gasteiger partial charge in [0.25, 0.3) is 5.91 Å². The average Bonchev–Trinajstić information content (AvgIpc) is 2.62. The number of halogens is 1. The lowest BCUT2D eigenvalue weighted by Crippen LogP contribution is -2.44. The molecule has 0 spiro atoms. The van der Waals surface area contributed by atoms with E-state index >= 15 is 0 Å². The molecule has 1 N–H and O–H groups in total. The van der Waals surface area contributed by atoms with Gasteiger partial charge >= 0.3 is 0 Å². The first kappa shape index (κ1) is 15.8. The SMILES string of the molecule is C[C@H]1CN(c2cc3c(cn2)OCC(=O)N3)[C@@H](c2ccccc2F)CO1. The van der Waals surface area contributed by atoms with Crippen molar-refractivity contribution >= 4 is 17.4 Å². The zero-order valence-electron chi connectivity index (χ0n) is 13.7. The van der Waals surface area contributed by atoms with Crippen LogP contribution >= 0.6 is 0 Å². The lowest BCUT2D eigenvalue weighted by Gasteiger charge is -2.40. The van der Waals surface area contributed by atoms with E-state index in [1.54, 1.807) is 24.4 Å². The maximum atomic E-state index is 14.3. The fourth-order valence-electron chi connectivity index (χ4n) is 3.19. The van der Waals surface area contributed by atoms with Gasteiger partial charge in [-0.15, -0.1) is 0 Å². The molecule has 1 aromatic heterocycles. The summed E-state index contributed by atoms with van der Waals surface area (Å²) >= 11 is 0. The van der Waals surface area contributed by atoms with E-state index in [1.165, 1.54) is 6.07 Å². The molecule has 7 heteroatoms. The van der Waals surface area contributed by atoms with Gasteiger partial charge in [-0.3, -0.25) is 4.79 Å². The number of rotatable bonds is 2. The van der Waals surface area contributed by atoms with Crippen molar-refractivity contribution in [2.45, 2.75) is 19.1 Å². The van der Waals surface area contributed by atoms with Crippen LogP contribution in [0.1, 0.15) is 18.5 Å². The number of morpholine rings is 1. The molecule has 0 saturated carbocycles. The molecule has 6 nitrogen and oxygen atoms in total. The monoisotopic (exact) mass is 343 g/mol. The highest BCUT2D eigenvalue weighted by Crippen LogP contribution is 2.35. The minimum atomic E-state index is -0.289. The Morgan fingerprint density at radius 1 is 1.36 bits per heavy atom. The molecule has 2 atom stereocenters. The van der Waals surface area contributed by atoms with E-state index in [-0.39, 0.29) is 30.5 Å². The maximum absolute atomic E-state index is 14.3. The zero-order chi connectivity index (χ0) is 17.4. The first-order valence-corrected chi connectivity index (χ1v) is 8.17. The number of anilines is 2. The standard InChI is InChI=1S/C18H18FN3O3/c1-11-8-22(15(9-24-11)12-4-2-3-5-13(12)19)17-6-14-16(7-20-17)25-10-18(23)21-14/h2-7,11,15H,8-10H2,1H3,(H,21,23)/t11-,15+/m0/s1. The quantitative estimate of drug-likeness (QED) is 0.908. The highest BCUT2D eigenvalue weighted by atomic mass is 19.1. The number of fused-ring (bicyclic) bond motifs is 1. The number of aromatic nitrogens is 1. The summed E-state index contributed by atoms with van der Waals surface area (Å²) in [6.45, 7) is 2.89. The van der Waals surface area contributed by atoms with Crippen LogP contribution in [0.3, 0.4) is 0 Å². The van der Waals surface area contributed by atoms with Crippen LogP contribution in [-0.4, -0.2) is 36.8 Å². The Balaban J connectivity index is 1.71. The van der Waals surface area contributed by atoms with Gasteiger partial charge < -0.3 is 19.7 Å². The van der Waals surface area contributed by atoms with Gasteiger partial charge in [-0.2, -0.15) is 0 Å². The highest BCUT2D eigenvalue weighted by Gasteiger charge is 2.31. The number of nitrogens with one attached hydrogen (secondary N) is 1. The fraction of sp³-hybridized carbons (Fsp3) is 0.333. The van der Waals surface area contributed by atoms with Crippen molar-refractivity contribution in [3.8, 4) is 5.75 Å². The van der Waals surface area contributed by atoms with Gasteiger partial charge in [0.05, 0.1) is 30.6 Å². The lowest BCUT2D eigenvalue weighted by molar-refractivity contribution is -0.118. The summed E-state index contributed by atoms with van der Waals surface area (Å²) in [4.78, 5) is 18.0. The third-order valence-electron chi connectivity index (χ3n) is 4.41. The summed E-state index contributed by atoms with van der Waals surface area (Å²) in [5.41, 5.74) is 1.14. The van der Waals surface area contributed by atoms with Crippen LogP contribution in [-0.2, 0) is 9.53 Å². The molecule has 1 saturated heterocycles. The molecule has 1 fully saturated rings. The zero-order valence-corrected chi connectivity index (χ0v) is 13.7. The minimum Gasteiger partial charge on any atom is -0.480 e. The van der Waals surface area contributed by atoms with Crippen molar-refractivity contribution in [1.29, 1.82) is 0 Å².